The van der Waals surface area contributed by atoms with Gasteiger partial charge in [0.15, 0.2) is 0 Å². The largest absolute Gasteiger partial charge is 0.375 e. The molecule has 0 radical (unpaired) electrons. The molecule has 0 aromatic rings. The molecule has 3 unspecified atom stereocenters. The number of rotatable bonds is 0. The van der Waals surface area contributed by atoms with Crippen LogP contribution >= 0.6 is 11.6 Å². The molecule has 0 spiro atoms. The quantitative estimate of drug-likeness (QED) is 0.500. The Balaban J connectivity index is 1.93. The van der Waals surface area contributed by atoms with Gasteiger partial charge in [-0.15, -0.1) is 11.6 Å². The zero-order valence-electron chi connectivity index (χ0n) is 5.14. The minimum absolute atomic E-state index is 0.241. The van der Waals surface area contributed by atoms with Crippen molar-refractivity contribution in [2.75, 3.05) is 13.2 Å². The Morgan fingerprint density at radius 1 is 1.56 bits per heavy atom. The number of alkyl halides is 1. The normalized spacial score (nSPS) is 49.7. The van der Waals surface area contributed by atoms with Gasteiger partial charge in [0.1, 0.15) is 0 Å². The molecule has 3 heteroatoms. The van der Waals surface area contributed by atoms with Crippen molar-refractivity contribution in [2.24, 2.45) is 0 Å². The van der Waals surface area contributed by atoms with E-state index in [2.05, 4.69) is 5.32 Å². The van der Waals surface area contributed by atoms with Gasteiger partial charge in [0, 0.05) is 6.61 Å². The van der Waals surface area contributed by atoms with E-state index in [0.717, 1.165) is 19.6 Å². The van der Waals surface area contributed by atoms with Crippen LogP contribution in [0.25, 0.3) is 0 Å². The highest BCUT2D eigenvalue weighted by molar-refractivity contribution is 6.24. The highest BCUT2D eigenvalue weighted by Crippen LogP contribution is 2.33. The first-order chi connectivity index (χ1) is 4.39. The molecule has 2 nitrogen and oxygen atoms in total. The van der Waals surface area contributed by atoms with E-state index in [0.29, 0.717) is 12.1 Å². The van der Waals surface area contributed by atoms with Crippen molar-refractivity contribution < 1.29 is 4.74 Å². The van der Waals surface area contributed by atoms with Gasteiger partial charge in [0.25, 0.3) is 0 Å². The Hall–Kier alpha value is 0.210. The number of halogens is 1. The summed E-state index contributed by atoms with van der Waals surface area (Å²) in [5.41, 5.74) is 0. The van der Waals surface area contributed by atoms with E-state index in [4.69, 9.17) is 16.3 Å². The second kappa shape index (κ2) is 2.11. The van der Waals surface area contributed by atoms with Gasteiger partial charge in [-0.2, -0.15) is 0 Å². The van der Waals surface area contributed by atoms with Gasteiger partial charge in [-0.3, -0.25) is 0 Å². The summed E-state index contributed by atoms with van der Waals surface area (Å²) in [4.78, 5) is 0. The van der Waals surface area contributed by atoms with Crippen molar-refractivity contribution in [2.45, 2.75) is 23.9 Å². The van der Waals surface area contributed by atoms with E-state index in [1.54, 1.807) is 0 Å². The fourth-order valence-corrected chi connectivity index (χ4v) is 1.61. The topological polar surface area (TPSA) is 21.3 Å². The summed E-state index contributed by atoms with van der Waals surface area (Å²) in [5, 5.41) is 3.55. The molecule has 3 atom stereocenters. The van der Waals surface area contributed by atoms with Crippen LogP contribution in [0.3, 0.4) is 0 Å². The highest BCUT2D eigenvalue weighted by atomic mass is 35.5. The second-order valence-electron chi connectivity index (χ2n) is 2.61. The standard InChI is InChI=1S/C6H10ClNO/c7-4-5-6(4)9-3-1-2-8-5/h4-6,8H,1-3H2. The predicted octanol–water partition coefficient (Wildman–Crippen LogP) is 0.354. The molecule has 52 valence electrons. The van der Waals surface area contributed by atoms with E-state index in [1.807, 2.05) is 0 Å². The number of hydrogen-bond donors (Lipinski definition) is 1. The van der Waals surface area contributed by atoms with Gasteiger partial charge in [-0.05, 0) is 13.0 Å². The Kier molecular flexibility index (Phi) is 1.40. The lowest BCUT2D eigenvalue weighted by Gasteiger charge is -1.97. The summed E-state index contributed by atoms with van der Waals surface area (Å²) >= 11 is 5.84. The summed E-state index contributed by atoms with van der Waals surface area (Å²) in [6.45, 7) is 1.93. The molecule has 0 amide bonds. The van der Waals surface area contributed by atoms with Gasteiger partial charge in [0.2, 0.25) is 0 Å². The van der Waals surface area contributed by atoms with Crippen LogP contribution in [0, 0.1) is 0 Å². The maximum Gasteiger partial charge on any atom is 0.0922 e. The first kappa shape index (κ1) is 5.96. The maximum absolute atomic E-state index is 5.84. The molecule has 0 aromatic heterocycles. The lowest BCUT2D eigenvalue weighted by atomic mass is 10.4. The van der Waals surface area contributed by atoms with Gasteiger partial charge in [-0.1, -0.05) is 0 Å². The molecule has 1 N–H and O–H groups in total. The monoisotopic (exact) mass is 147 g/mol. The maximum atomic E-state index is 5.84. The molecule has 1 saturated heterocycles. The van der Waals surface area contributed by atoms with Crippen LogP contribution < -0.4 is 5.32 Å². The molecule has 2 aliphatic rings. The summed E-state index contributed by atoms with van der Waals surface area (Å²) in [6.07, 6.45) is 1.44. The van der Waals surface area contributed by atoms with Gasteiger partial charge in [-0.25, -0.2) is 0 Å². The predicted molar refractivity (Wildman–Crippen MR) is 35.8 cm³/mol. The van der Waals surface area contributed by atoms with Crippen molar-refractivity contribution in [3.63, 3.8) is 0 Å². The third-order valence-electron chi connectivity index (χ3n) is 1.88. The third-order valence-corrected chi connectivity index (χ3v) is 2.40. The molecule has 1 saturated carbocycles. The molecule has 0 bridgehead atoms. The zero-order valence-corrected chi connectivity index (χ0v) is 5.90. The third kappa shape index (κ3) is 0.955. The summed E-state index contributed by atoms with van der Waals surface area (Å²) in [7, 11) is 0. The Bertz CT molecular complexity index is 108. The minimum atomic E-state index is 0.241. The average molecular weight is 148 g/mol. The number of nitrogens with one attached hydrogen (secondary N) is 1. The molecule has 2 fully saturated rings. The number of hydrogen-bond acceptors (Lipinski definition) is 2. The Labute approximate surface area is 59.5 Å². The van der Waals surface area contributed by atoms with Crippen LogP contribution in [0.4, 0.5) is 0 Å². The molecule has 1 aliphatic heterocycles. The second-order valence-corrected chi connectivity index (χ2v) is 3.12. The van der Waals surface area contributed by atoms with Crippen LogP contribution in [-0.4, -0.2) is 30.7 Å². The van der Waals surface area contributed by atoms with Gasteiger partial charge in [0.05, 0.1) is 17.5 Å². The fraction of sp³-hybridized carbons (Fsp3) is 1.00. The Morgan fingerprint density at radius 2 is 2.44 bits per heavy atom. The number of ether oxygens (including phenoxy) is 1. The SMILES string of the molecule is ClC1C2NCCCOC12. The molecular formula is C6H10ClNO. The van der Waals surface area contributed by atoms with Crippen LogP contribution in [0.15, 0.2) is 0 Å². The average Bonchev–Trinajstić information content (AvgIpc) is 2.51. The van der Waals surface area contributed by atoms with Crippen molar-refractivity contribution in [1.29, 1.82) is 0 Å². The number of fused-ring (bicyclic) bond motifs is 1. The molecule has 9 heavy (non-hydrogen) atoms. The van der Waals surface area contributed by atoms with E-state index in [-0.39, 0.29) is 5.38 Å². The van der Waals surface area contributed by atoms with Crippen molar-refractivity contribution >= 4 is 11.6 Å². The summed E-state index contributed by atoms with van der Waals surface area (Å²) < 4.78 is 5.39. The van der Waals surface area contributed by atoms with E-state index in [1.165, 1.54) is 0 Å². The van der Waals surface area contributed by atoms with E-state index < -0.39 is 0 Å². The van der Waals surface area contributed by atoms with Crippen molar-refractivity contribution in [3.8, 4) is 0 Å². The van der Waals surface area contributed by atoms with Crippen LogP contribution in [0.1, 0.15) is 6.42 Å². The van der Waals surface area contributed by atoms with Crippen LogP contribution in [0.5, 0.6) is 0 Å². The molecular weight excluding hydrogens is 138 g/mol. The first-order valence-electron chi connectivity index (χ1n) is 3.38. The first-order valence-corrected chi connectivity index (χ1v) is 3.82. The summed E-state index contributed by atoms with van der Waals surface area (Å²) in [6, 6.07) is 0.453. The van der Waals surface area contributed by atoms with E-state index in [9.17, 15) is 0 Å². The van der Waals surface area contributed by atoms with Crippen molar-refractivity contribution in [3.05, 3.63) is 0 Å². The van der Waals surface area contributed by atoms with Crippen LogP contribution in [0.2, 0.25) is 0 Å². The van der Waals surface area contributed by atoms with Crippen molar-refractivity contribution in [1.82, 2.24) is 5.32 Å². The van der Waals surface area contributed by atoms with E-state index >= 15 is 0 Å². The molecule has 1 heterocycles. The van der Waals surface area contributed by atoms with Crippen LogP contribution in [-0.2, 0) is 4.74 Å². The van der Waals surface area contributed by atoms with Gasteiger partial charge < -0.3 is 10.1 Å². The molecule has 2 rings (SSSR count). The lowest BCUT2D eigenvalue weighted by Crippen LogP contribution is -2.19. The smallest absolute Gasteiger partial charge is 0.0922 e. The molecule has 0 aromatic carbocycles. The molecule has 1 aliphatic carbocycles. The Morgan fingerprint density at radius 3 is 3.33 bits per heavy atom. The zero-order chi connectivity index (χ0) is 6.27. The summed E-state index contributed by atoms with van der Waals surface area (Å²) in [5.74, 6) is 0. The fourth-order valence-electron chi connectivity index (χ4n) is 1.23. The lowest BCUT2D eigenvalue weighted by molar-refractivity contribution is 0.124. The highest BCUT2D eigenvalue weighted by Gasteiger charge is 2.50. The minimum Gasteiger partial charge on any atom is -0.375 e. The van der Waals surface area contributed by atoms with Gasteiger partial charge >= 0.3 is 0 Å².